The van der Waals surface area contributed by atoms with Gasteiger partial charge in [0.2, 0.25) is 5.91 Å². The second-order valence-electron chi connectivity index (χ2n) is 4.94. The quantitative estimate of drug-likeness (QED) is 0.685. The Balaban J connectivity index is 1.92. The predicted molar refractivity (Wildman–Crippen MR) is 92.4 cm³/mol. The van der Waals surface area contributed by atoms with Crippen LogP contribution in [-0.2, 0) is 4.79 Å². The molecule has 0 fully saturated rings. The van der Waals surface area contributed by atoms with E-state index in [1.165, 1.54) is 17.8 Å². The summed E-state index contributed by atoms with van der Waals surface area (Å²) in [7, 11) is 0. The summed E-state index contributed by atoms with van der Waals surface area (Å²) >= 11 is 4.56. The fourth-order valence-corrected chi connectivity index (χ4v) is 3.06. The maximum atomic E-state index is 13.1. The maximum absolute atomic E-state index is 13.1. The van der Waals surface area contributed by atoms with Gasteiger partial charge >= 0.3 is 0 Å². The Morgan fingerprint density at radius 3 is 2.48 bits per heavy atom. The van der Waals surface area contributed by atoms with Crippen molar-refractivity contribution in [2.75, 3.05) is 5.75 Å². The minimum absolute atomic E-state index is 0.0684. The molecule has 0 aromatic heterocycles. The Kier molecular flexibility index (Phi) is 6.59. The molecule has 2 aromatic rings. The molecule has 0 spiro atoms. The first kappa shape index (κ1) is 17.9. The number of thioether (sulfide) groups is 1. The van der Waals surface area contributed by atoms with Crippen molar-refractivity contribution in [2.24, 2.45) is 0 Å². The standard InChI is InChI=1S/C17H16BrF2NOS/c1-2-16(11-3-5-12(18)6-4-11)21-17(22)10-23-13-7-8-14(19)15(20)9-13/h3-9,16H,2,10H2,1H3,(H,21,22)/t16-/m1/s1. The maximum Gasteiger partial charge on any atom is 0.230 e. The molecule has 2 aromatic carbocycles. The molecule has 2 rings (SSSR count). The number of amides is 1. The van der Waals surface area contributed by atoms with E-state index in [1.807, 2.05) is 31.2 Å². The van der Waals surface area contributed by atoms with Crippen LogP contribution in [0.5, 0.6) is 0 Å². The van der Waals surface area contributed by atoms with Gasteiger partial charge < -0.3 is 5.32 Å². The van der Waals surface area contributed by atoms with E-state index in [0.29, 0.717) is 4.90 Å². The van der Waals surface area contributed by atoms with Gasteiger partial charge in [0.15, 0.2) is 11.6 Å². The highest BCUT2D eigenvalue weighted by atomic mass is 79.9. The molecule has 0 aliphatic rings. The van der Waals surface area contributed by atoms with Gasteiger partial charge in [-0.25, -0.2) is 8.78 Å². The van der Waals surface area contributed by atoms with Crippen molar-refractivity contribution < 1.29 is 13.6 Å². The van der Waals surface area contributed by atoms with Crippen LogP contribution in [0.2, 0.25) is 0 Å². The van der Waals surface area contributed by atoms with Gasteiger partial charge in [0.1, 0.15) is 0 Å². The monoisotopic (exact) mass is 399 g/mol. The van der Waals surface area contributed by atoms with E-state index in [0.717, 1.165) is 28.6 Å². The average molecular weight is 400 g/mol. The minimum atomic E-state index is -0.906. The summed E-state index contributed by atoms with van der Waals surface area (Å²) in [5, 5.41) is 2.96. The largest absolute Gasteiger partial charge is 0.349 e. The molecule has 1 amide bonds. The Hall–Kier alpha value is -1.40. The zero-order valence-electron chi connectivity index (χ0n) is 12.5. The van der Waals surface area contributed by atoms with Crippen LogP contribution in [0.25, 0.3) is 0 Å². The smallest absolute Gasteiger partial charge is 0.230 e. The number of hydrogen-bond acceptors (Lipinski definition) is 2. The summed E-state index contributed by atoms with van der Waals surface area (Å²) in [6.07, 6.45) is 0.767. The summed E-state index contributed by atoms with van der Waals surface area (Å²) in [6, 6.07) is 11.3. The lowest BCUT2D eigenvalue weighted by atomic mass is 10.0. The molecule has 1 N–H and O–H groups in total. The molecular weight excluding hydrogens is 384 g/mol. The molecule has 0 aliphatic heterocycles. The molecule has 0 saturated heterocycles. The number of nitrogens with one attached hydrogen (secondary N) is 1. The molecule has 0 saturated carbocycles. The third kappa shape index (κ3) is 5.32. The summed E-state index contributed by atoms with van der Waals surface area (Å²) in [4.78, 5) is 12.6. The van der Waals surface area contributed by atoms with Gasteiger partial charge in [-0.3, -0.25) is 4.79 Å². The third-order valence-electron chi connectivity index (χ3n) is 3.28. The number of rotatable bonds is 6. The van der Waals surface area contributed by atoms with Crippen molar-refractivity contribution in [3.63, 3.8) is 0 Å². The van der Waals surface area contributed by atoms with Crippen LogP contribution in [0.3, 0.4) is 0 Å². The van der Waals surface area contributed by atoms with Gasteiger partial charge in [0, 0.05) is 9.37 Å². The lowest BCUT2D eigenvalue weighted by Crippen LogP contribution is -2.29. The first-order valence-corrected chi connectivity index (χ1v) is 8.90. The zero-order valence-corrected chi connectivity index (χ0v) is 14.9. The molecule has 2 nitrogen and oxygen atoms in total. The molecule has 1 atom stereocenters. The second kappa shape index (κ2) is 8.45. The summed E-state index contributed by atoms with van der Waals surface area (Å²) in [5.41, 5.74) is 1.03. The highest BCUT2D eigenvalue weighted by molar-refractivity contribution is 9.10. The number of halogens is 3. The minimum Gasteiger partial charge on any atom is -0.349 e. The number of hydrogen-bond donors (Lipinski definition) is 1. The van der Waals surface area contributed by atoms with Crippen LogP contribution >= 0.6 is 27.7 Å². The van der Waals surface area contributed by atoms with Crippen LogP contribution in [-0.4, -0.2) is 11.7 Å². The molecule has 0 unspecified atom stereocenters. The first-order valence-electron chi connectivity index (χ1n) is 7.12. The van der Waals surface area contributed by atoms with Crippen molar-refractivity contribution >= 4 is 33.6 Å². The van der Waals surface area contributed by atoms with E-state index in [2.05, 4.69) is 21.2 Å². The van der Waals surface area contributed by atoms with Crippen LogP contribution in [0.15, 0.2) is 51.8 Å². The molecule has 6 heteroatoms. The molecule has 0 heterocycles. The van der Waals surface area contributed by atoms with Gasteiger partial charge in [-0.1, -0.05) is 35.0 Å². The molecular formula is C17H16BrF2NOS. The third-order valence-corrected chi connectivity index (χ3v) is 4.80. The van der Waals surface area contributed by atoms with Gasteiger partial charge in [-0.15, -0.1) is 11.8 Å². The topological polar surface area (TPSA) is 29.1 Å². The normalized spacial score (nSPS) is 12.0. The van der Waals surface area contributed by atoms with E-state index in [9.17, 15) is 13.6 Å². The highest BCUT2D eigenvalue weighted by Gasteiger charge is 2.13. The van der Waals surface area contributed by atoms with Crippen molar-refractivity contribution in [1.82, 2.24) is 5.32 Å². The number of benzene rings is 2. The number of carbonyl (C=O) groups excluding carboxylic acids is 1. The lowest BCUT2D eigenvalue weighted by molar-refractivity contribution is -0.119. The summed E-state index contributed by atoms with van der Waals surface area (Å²) in [6.45, 7) is 2.00. The highest BCUT2D eigenvalue weighted by Crippen LogP contribution is 2.22. The SMILES string of the molecule is CC[C@@H](NC(=O)CSc1ccc(F)c(F)c1)c1ccc(Br)cc1. The van der Waals surface area contributed by atoms with Crippen molar-refractivity contribution in [3.05, 3.63) is 64.1 Å². The van der Waals surface area contributed by atoms with E-state index in [1.54, 1.807) is 0 Å². The first-order chi connectivity index (χ1) is 11.0. The van der Waals surface area contributed by atoms with Gasteiger partial charge in [0.05, 0.1) is 11.8 Å². The Morgan fingerprint density at radius 1 is 1.17 bits per heavy atom. The van der Waals surface area contributed by atoms with Gasteiger partial charge in [-0.05, 0) is 42.3 Å². The average Bonchev–Trinajstić information content (AvgIpc) is 2.54. The summed E-state index contributed by atoms with van der Waals surface area (Å²) in [5.74, 6) is -1.79. The fourth-order valence-electron chi connectivity index (χ4n) is 2.07. The van der Waals surface area contributed by atoms with E-state index in [-0.39, 0.29) is 17.7 Å². The van der Waals surface area contributed by atoms with E-state index in [4.69, 9.17) is 0 Å². The van der Waals surface area contributed by atoms with Gasteiger partial charge in [0.25, 0.3) is 0 Å². The Labute approximate surface area is 146 Å². The molecule has 0 aliphatic carbocycles. The molecule has 23 heavy (non-hydrogen) atoms. The zero-order chi connectivity index (χ0) is 16.8. The van der Waals surface area contributed by atoms with Crippen LogP contribution in [0.4, 0.5) is 8.78 Å². The van der Waals surface area contributed by atoms with E-state index >= 15 is 0 Å². The summed E-state index contributed by atoms with van der Waals surface area (Å²) < 4.78 is 27.0. The number of carbonyl (C=O) groups is 1. The van der Waals surface area contributed by atoms with Crippen molar-refractivity contribution in [2.45, 2.75) is 24.3 Å². The van der Waals surface area contributed by atoms with Crippen molar-refractivity contribution in [3.8, 4) is 0 Å². The second-order valence-corrected chi connectivity index (χ2v) is 6.91. The molecule has 0 bridgehead atoms. The molecule has 122 valence electrons. The fraction of sp³-hybridized carbons (Fsp3) is 0.235. The van der Waals surface area contributed by atoms with E-state index < -0.39 is 11.6 Å². The van der Waals surface area contributed by atoms with Crippen molar-refractivity contribution in [1.29, 1.82) is 0 Å². The van der Waals surface area contributed by atoms with Crippen LogP contribution < -0.4 is 5.32 Å². The Morgan fingerprint density at radius 2 is 1.87 bits per heavy atom. The molecule has 0 radical (unpaired) electrons. The van der Waals surface area contributed by atoms with Crippen LogP contribution in [0, 0.1) is 11.6 Å². The Bertz CT molecular complexity index is 679. The van der Waals surface area contributed by atoms with Crippen LogP contribution in [0.1, 0.15) is 24.9 Å². The predicted octanol–water partition coefficient (Wildman–Crippen LogP) is 5.09. The van der Waals surface area contributed by atoms with Gasteiger partial charge in [-0.2, -0.15) is 0 Å². The lowest BCUT2D eigenvalue weighted by Gasteiger charge is -2.17.